The van der Waals surface area contributed by atoms with Crippen molar-refractivity contribution in [2.75, 3.05) is 17.7 Å². The van der Waals surface area contributed by atoms with Crippen molar-refractivity contribution in [1.29, 1.82) is 0 Å². The third kappa shape index (κ3) is 4.56. The highest BCUT2D eigenvalue weighted by Crippen LogP contribution is 2.15. The SMILES string of the molecule is COC(=O)c1ccc(C(=O)Nc2ccc(C(=O)Nc3nccs3)cc2)cc1. The fraction of sp³-hybridized carbons (Fsp3) is 0.0526. The number of carbonyl (C=O) groups is 3. The van der Waals surface area contributed by atoms with Gasteiger partial charge in [0.25, 0.3) is 11.8 Å². The second kappa shape index (κ2) is 8.24. The topological polar surface area (TPSA) is 97.4 Å². The van der Waals surface area contributed by atoms with E-state index in [0.29, 0.717) is 27.5 Å². The first-order valence-electron chi connectivity index (χ1n) is 7.87. The van der Waals surface area contributed by atoms with Crippen molar-refractivity contribution in [3.8, 4) is 0 Å². The lowest BCUT2D eigenvalue weighted by atomic mass is 10.1. The number of benzene rings is 2. The number of nitrogens with zero attached hydrogens (tertiary/aromatic N) is 1. The summed E-state index contributed by atoms with van der Waals surface area (Å²) < 4.78 is 4.62. The second-order valence-electron chi connectivity index (χ2n) is 5.39. The minimum Gasteiger partial charge on any atom is -0.465 e. The predicted molar refractivity (Wildman–Crippen MR) is 102 cm³/mol. The number of thiazole rings is 1. The predicted octanol–water partition coefficient (Wildman–Crippen LogP) is 3.43. The van der Waals surface area contributed by atoms with E-state index in [4.69, 9.17) is 0 Å². The van der Waals surface area contributed by atoms with Gasteiger partial charge in [-0.05, 0) is 48.5 Å². The first-order chi connectivity index (χ1) is 13.1. The molecule has 1 aromatic heterocycles. The Labute approximate surface area is 159 Å². The molecule has 0 fully saturated rings. The molecule has 7 nitrogen and oxygen atoms in total. The van der Waals surface area contributed by atoms with Gasteiger partial charge in [-0.1, -0.05) is 0 Å². The van der Waals surface area contributed by atoms with Gasteiger partial charge in [0.05, 0.1) is 12.7 Å². The first kappa shape index (κ1) is 18.3. The molecule has 0 atom stereocenters. The molecule has 0 aliphatic rings. The number of methoxy groups -OCH3 is 1. The monoisotopic (exact) mass is 381 g/mol. The number of ether oxygens (including phenoxy) is 1. The van der Waals surface area contributed by atoms with Crippen LogP contribution in [0.3, 0.4) is 0 Å². The van der Waals surface area contributed by atoms with Crippen LogP contribution in [0.2, 0.25) is 0 Å². The summed E-state index contributed by atoms with van der Waals surface area (Å²) in [5.41, 5.74) is 1.76. The largest absolute Gasteiger partial charge is 0.465 e. The Kier molecular flexibility index (Phi) is 5.58. The molecule has 136 valence electrons. The van der Waals surface area contributed by atoms with Gasteiger partial charge < -0.3 is 10.1 Å². The van der Waals surface area contributed by atoms with E-state index in [9.17, 15) is 14.4 Å². The number of anilines is 2. The van der Waals surface area contributed by atoms with Crippen molar-refractivity contribution in [3.05, 3.63) is 76.8 Å². The summed E-state index contributed by atoms with van der Waals surface area (Å²) in [4.78, 5) is 39.8. The van der Waals surface area contributed by atoms with Crippen molar-refractivity contribution in [1.82, 2.24) is 4.98 Å². The van der Waals surface area contributed by atoms with Gasteiger partial charge in [-0.2, -0.15) is 0 Å². The van der Waals surface area contributed by atoms with Gasteiger partial charge in [0.15, 0.2) is 5.13 Å². The molecule has 3 rings (SSSR count). The van der Waals surface area contributed by atoms with E-state index in [0.717, 1.165) is 0 Å². The van der Waals surface area contributed by atoms with E-state index >= 15 is 0 Å². The van der Waals surface area contributed by atoms with Crippen LogP contribution in [0, 0.1) is 0 Å². The molecule has 3 aromatic rings. The lowest BCUT2D eigenvalue weighted by Gasteiger charge is -2.07. The first-order valence-corrected chi connectivity index (χ1v) is 8.75. The molecule has 2 N–H and O–H groups in total. The van der Waals surface area contributed by atoms with Crippen LogP contribution in [0.15, 0.2) is 60.1 Å². The normalized spacial score (nSPS) is 10.1. The Bertz CT molecular complexity index is 952. The van der Waals surface area contributed by atoms with Crippen molar-refractivity contribution >= 4 is 39.9 Å². The molecule has 0 saturated heterocycles. The van der Waals surface area contributed by atoms with Crippen LogP contribution in [-0.2, 0) is 4.74 Å². The highest BCUT2D eigenvalue weighted by Gasteiger charge is 2.11. The average Bonchev–Trinajstić information content (AvgIpc) is 3.21. The fourth-order valence-corrected chi connectivity index (χ4v) is 2.76. The highest BCUT2D eigenvalue weighted by molar-refractivity contribution is 7.13. The number of rotatable bonds is 5. The Hall–Kier alpha value is -3.52. The van der Waals surface area contributed by atoms with Crippen LogP contribution >= 0.6 is 11.3 Å². The number of aromatic nitrogens is 1. The molecule has 27 heavy (non-hydrogen) atoms. The van der Waals surface area contributed by atoms with Gasteiger partial charge in [0, 0.05) is 28.4 Å². The van der Waals surface area contributed by atoms with E-state index < -0.39 is 5.97 Å². The standard InChI is InChI=1S/C19H15N3O4S/c1-26-18(25)14-4-2-12(3-5-14)16(23)21-15-8-6-13(7-9-15)17(24)22-19-20-10-11-27-19/h2-11H,1H3,(H,21,23)(H,20,22,24). The summed E-state index contributed by atoms with van der Waals surface area (Å²) in [6, 6.07) is 12.6. The van der Waals surface area contributed by atoms with E-state index in [1.807, 2.05) is 0 Å². The zero-order chi connectivity index (χ0) is 19.2. The molecule has 0 spiro atoms. The summed E-state index contributed by atoms with van der Waals surface area (Å²) in [5.74, 6) is -1.07. The molecular weight excluding hydrogens is 366 g/mol. The van der Waals surface area contributed by atoms with Crippen molar-refractivity contribution in [3.63, 3.8) is 0 Å². The number of hydrogen-bond acceptors (Lipinski definition) is 6. The maximum absolute atomic E-state index is 12.3. The van der Waals surface area contributed by atoms with Gasteiger partial charge in [-0.25, -0.2) is 9.78 Å². The number of amides is 2. The van der Waals surface area contributed by atoms with Gasteiger partial charge in [0.1, 0.15) is 0 Å². The molecular formula is C19H15N3O4S. The number of nitrogens with one attached hydrogen (secondary N) is 2. The van der Waals surface area contributed by atoms with Crippen LogP contribution in [0.4, 0.5) is 10.8 Å². The zero-order valence-corrected chi connectivity index (χ0v) is 15.1. The molecule has 2 amide bonds. The average molecular weight is 381 g/mol. The van der Waals surface area contributed by atoms with E-state index in [2.05, 4.69) is 20.4 Å². The summed E-state index contributed by atoms with van der Waals surface area (Å²) in [6.07, 6.45) is 1.61. The van der Waals surface area contributed by atoms with Crippen LogP contribution < -0.4 is 10.6 Å². The van der Waals surface area contributed by atoms with Gasteiger partial charge >= 0.3 is 5.97 Å². The third-order valence-corrected chi connectivity index (χ3v) is 4.31. The molecule has 0 radical (unpaired) electrons. The third-order valence-electron chi connectivity index (χ3n) is 3.63. The molecule has 1 heterocycles. The fourth-order valence-electron chi connectivity index (χ4n) is 2.24. The van der Waals surface area contributed by atoms with E-state index in [1.54, 1.807) is 35.8 Å². The van der Waals surface area contributed by atoms with Crippen LogP contribution in [0.25, 0.3) is 0 Å². The Morgan fingerprint density at radius 2 is 1.41 bits per heavy atom. The van der Waals surface area contributed by atoms with Gasteiger partial charge in [0.2, 0.25) is 0 Å². The van der Waals surface area contributed by atoms with Gasteiger partial charge in [-0.3, -0.25) is 14.9 Å². The number of carbonyl (C=O) groups excluding carboxylic acids is 3. The van der Waals surface area contributed by atoms with E-state index in [-0.39, 0.29) is 11.8 Å². The molecule has 2 aromatic carbocycles. The van der Waals surface area contributed by atoms with Crippen LogP contribution in [-0.4, -0.2) is 29.9 Å². The van der Waals surface area contributed by atoms with Crippen LogP contribution in [0.1, 0.15) is 31.1 Å². The molecule has 0 saturated carbocycles. The lowest BCUT2D eigenvalue weighted by Crippen LogP contribution is -2.14. The maximum Gasteiger partial charge on any atom is 0.337 e. The Balaban J connectivity index is 1.63. The quantitative estimate of drug-likeness (QED) is 0.660. The zero-order valence-electron chi connectivity index (χ0n) is 14.3. The lowest BCUT2D eigenvalue weighted by molar-refractivity contribution is 0.0600. The maximum atomic E-state index is 12.3. The second-order valence-corrected chi connectivity index (χ2v) is 6.29. The summed E-state index contributed by atoms with van der Waals surface area (Å²) in [5, 5.41) is 7.71. The van der Waals surface area contributed by atoms with E-state index in [1.165, 1.54) is 42.7 Å². The molecule has 0 unspecified atom stereocenters. The number of hydrogen-bond donors (Lipinski definition) is 2. The summed E-state index contributed by atoms with van der Waals surface area (Å²) in [7, 11) is 1.30. The highest BCUT2D eigenvalue weighted by atomic mass is 32.1. The smallest absolute Gasteiger partial charge is 0.337 e. The van der Waals surface area contributed by atoms with Gasteiger partial charge in [-0.15, -0.1) is 11.3 Å². The molecule has 0 bridgehead atoms. The molecule has 0 aliphatic heterocycles. The Morgan fingerprint density at radius 3 is 1.96 bits per heavy atom. The van der Waals surface area contributed by atoms with Crippen molar-refractivity contribution < 1.29 is 19.1 Å². The number of esters is 1. The molecule has 0 aliphatic carbocycles. The minimum absolute atomic E-state index is 0.277. The van der Waals surface area contributed by atoms with Crippen LogP contribution in [0.5, 0.6) is 0 Å². The molecule has 8 heteroatoms. The summed E-state index contributed by atoms with van der Waals surface area (Å²) in [6.45, 7) is 0. The Morgan fingerprint density at radius 1 is 0.852 bits per heavy atom. The minimum atomic E-state index is -0.464. The van der Waals surface area contributed by atoms with Crippen molar-refractivity contribution in [2.24, 2.45) is 0 Å². The summed E-state index contributed by atoms with van der Waals surface area (Å²) >= 11 is 1.33. The van der Waals surface area contributed by atoms with Crippen molar-refractivity contribution in [2.45, 2.75) is 0 Å².